The number of carbonyl (C=O) groups excluding carboxylic acids is 2. The van der Waals surface area contributed by atoms with Gasteiger partial charge in [-0.05, 0) is 29.8 Å². The van der Waals surface area contributed by atoms with Gasteiger partial charge in [0.2, 0.25) is 0 Å². The van der Waals surface area contributed by atoms with Crippen LogP contribution in [0.4, 0.5) is 0 Å². The standard InChI is InChI=1S/C18H17ClN2O4/c19-14-6-8-15(9-7-14)25-12-17(22)21-20-16(10-11-18(23)24)13-4-2-1-3-5-13/h1-10,20H,11-12H2,(H,21,22)(H,23,24)/p-1. The minimum Gasteiger partial charge on any atom is -0.550 e. The molecule has 0 aromatic heterocycles. The number of hydrogen-bond donors (Lipinski definition) is 2. The molecule has 130 valence electrons. The number of carboxylic acid groups (broad SMARTS) is 1. The molecule has 25 heavy (non-hydrogen) atoms. The fraction of sp³-hybridized carbons (Fsp3) is 0.111. The first-order valence-electron chi connectivity index (χ1n) is 7.43. The highest BCUT2D eigenvalue weighted by atomic mass is 35.5. The second-order valence-electron chi connectivity index (χ2n) is 4.98. The molecule has 0 radical (unpaired) electrons. The largest absolute Gasteiger partial charge is 0.550 e. The average Bonchev–Trinajstić information content (AvgIpc) is 2.62. The summed E-state index contributed by atoms with van der Waals surface area (Å²) in [5, 5.41) is 11.2. The number of carboxylic acids is 1. The lowest BCUT2D eigenvalue weighted by molar-refractivity contribution is -0.304. The third-order valence-electron chi connectivity index (χ3n) is 3.08. The summed E-state index contributed by atoms with van der Waals surface area (Å²) in [6.45, 7) is -0.211. The Kier molecular flexibility index (Phi) is 6.86. The Morgan fingerprint density at radius 2 is 1.72 bits per heavy atom. The highest BCUT2D eigenvalue weighted by Crippen LogP contribution is 2.15. The molecule has 2 aromatic carbocycles. The monoisotopic (exact) mass is 359 g/mol. The van der Waals surface area contributed by atoms with Gasteiger partial charge in [0.25, 0.3) is 5.91 Å². The van der Waals surface area contributed by atoms with Crippen LogP contribution in [0.2, 0.25) is 5.02 Å². The molecule has 0 saturated carbocycles. The van der Waals surface area contributed by atoms with Crippen LogP contribution in [0.1, 0.15) is 12.0 Å². The van der Waals surface area contributed by atoms with Gasteiger partial charge < -0.3 is 14.6 Å². The fourth-order valence-corrected chi connectivity index (χ4v) is 2.02. The minimum absolute atomic E-state index is 0.211. The van der Waals surface area contributed by atoms with Crippen molar-refractivity contribution in [1.82, 2.24) is 10.9 Å². The lowest BCUT2D eigenvalue weighted by Crippen LogP contribution is -2.39. The van der Waals surface area contributed by atoms with Crippen molar-refractivity contribution in [3.05, 3.63) is 71.3 Å². The van der Waals surface area contributed by atoms with E-state index < -0.39 is 11.9 Å². The van der Waals surface area contributed by atoms with Gasteiger partial charge in [-0.1, -0.05) is 48.0 Å². The van der Waals surface area contributed by atoms with Crippen LogP contribution in [0.25, 0.3) is 5.70 Å². The molecule has 0 unspecified atom stereocenters. The van der Waals surface area contributed by atoms with Crippen molar-refractivity contribution in [2.75, 3.05) is 6.61 Å². The van der Waals surface area contributed by atoms with Gasteiger partial charge in [-0.15, -0.1) is 0 Å². The normalized spacial score (nSPS) is 10.8. The van der Waals surface area contributed by atoms with Crippen LogP contribution in [0.15, 0.2) is 60.7 Å². The third kappa shape index (κ3) is 6.56. The van der Waals surface area contributed by atoms with E-state index in [1.807, 2.05) is 6.07 Å². The van der Waals surface area contributed by atoms with Crippen LogP contribution < -0.4 is 20.7 Å². The molecular formula is C18H16ClN2O4-. The number of nitrogens with one attached hydrogen (secondary N) is 2. The summed E-state index contributed by atoms with van der Waals surface area (Å²) in [4.78, 5) is 22.5. The molecule has 0 aliphatic carbocycles. The van der Waals surface area contributed by atoms with Crippen LogP contribution in [0.5, 0.6) is 5.75 Å². The smallest absolute Gasteiger partial charge is 0.276 e. The van der Waals surface area contributed by atoms with E-state index in [-0.39, 0.29) is 13.0 Å². The molecule has 0 spiro atoms. The lowest BCUT2D eigenvalue weighted by Gasteiger charge is -2.13. The summed E-state index contributed by atoms with van der Waals surface area (Å²) in [5.41, 5.74) is 6.34. The maximum Gasteiger partial charge on any atom is 0.276 e. The van der Waals surface area contributed by atoms with Crippen molar-refractivity contribution in [1.29, 1.82) is 0 Å². The number of benzene rings is 2. The van der Waals surface area contributed by atoms with Crippen molar-refractivity contribution in [2.24, 2.45) is 0 Å². The topological polar surface area (TPSA) is 90.5 Å². The average molecular weight is 360 g/mol. The van der Waals surface area contributed by atoms with E-state index in [1.165, 1.54) is 6.08 Å². The Morgan fingerprint density at radius 3 is 2.36 bits per heavy atom. The Labute approximate surface area is 150 Å². The van der Waals surface area contributed by atoms with Crippen LogP contribution >= 0.6 is 11.6 Å². The van der Waals surface area contributed by atoms with Crippen LogP contribution in [-0.4, -0.2) is 18.5 Å². The zero-order valence-corrected chi connectivity index (χ0v) is 14.0. The molecule has 1 amide bonds. The summed E-state index contributed by atoms with van der Waals surface area (Å²) in [5.74, 6) is -1.13. The summed E-state index contributed by atoms with van der Waals surface area (Å²) in [7, 11) is 0. The van der Waals surface area contributed by atoms with E-state index in [1.54, 1.807) is 48.5 Å². The van der Waals surface area contributed by atoms with Crippen molar-refractivity contribution in [3.8, 4) is 5.75 Å². The molecule has 0 heterocycles. The van der Waals surface area contributed by atoms with Crippen LogP contribution in [-0.2, 0) is 9.59 Å². The summed E-state index contributed by atoms with van der Waals surface area (Å²) in [6, 6.07) is 15.6. The number of amides is 1. The van der Waals surface area contributed by atoms with Crippen molar-refractivity contribution < 1.29 is 19.4 Å². The molecule has 6 nitrogen and oxygen atoms in total. The Balaban J connectivity index is 1.90. The van der Waals surface area contributed by atoms with Crippen molar-refractivity contribution in [2.45, 2.75) is 6.42 Å². The molecule has 2 aromatic rings. The Morgan fingerprint density at radius 1 is 1.04 bits per heavy atom. The van der Waals surface area contributed by atoms with E-state index in [9.17, 15) is 14.7 Å². The Bertz CT molecular complexity index is 745. The number of halogens is 1. The van der Waals surface area contributed by atoms with Crippen molar-refractivity contribution >= 4 is 29.2 Å². The summed E-state index contributed by atoms with van der Waals surface area (Å²) < 4.78 is 5.32. The van der Waals surface area contributed by atoms with Gasteiger partial charge in [-0.3, -0.25) is 15.6 Å². The minimum atomic E-state index is -1.22. The third-order valence-corrected chi connectivity index (χ3v) is 3.33. The summed E-state index contributed by atoms with van der Waals surface area (Å²) in [6.07, 6.45) is 1.14. The number of ether oxygens (including phenoxy) is 1. The van der Waals surface area contributed by atoms with Crippen molar-refractivity contribution in [3.63, 3.8) is 0 Å². The van der Waals surface area contributed by atoms with E-state index in [0.717, 1.165) is 5.56 Å². The molecule has 0 fully saturated rings. The van der Waals surface area contributed by atoms with E-state index in [2.05, 4.69) is 10.9 Å². The predicted octanol–water partition coefficient (Wildman–Crippen LogP) is 1.52. The van der Waals surface area contributed by atoms with Gasteiger partial charge in [0.15, 0.2) is 6.61 Å². The SMILES string of the molecule is O=C([O-])CC=C(NNC(=O)COc1ccc(Cl)cc1)c1ccccc1. The molecule has 2 rings (SSSR count). The number of carbonyl (C=O) groups is 2. The highest BCUT2D eigenvalue weighted by Gasteiger charge is 2.05. The molecule has 0 bridgehead atoms. The first-order valence-corrected chi connectivity index (χ1v) is 7.81. The number of hydrogen-bond acceptors (Lipinski definition) is 5. The van der Waals surface area contributed by atoms with Crippen LogP contribution in [0, 0.1) is 0 Å². The van der Waals surface area contributed by atoms with E-state index in [4.69, 9.17) is 16.3 Å². The van der Waals surface area contributed by atoms with Gasteiger partial charge in [0, 0.05) is 17.4 Å². The van der Waals surface area contributed by atoms with E-state index in [0.29, 0.717) is 16.5 Å². The number of hydrazine groups is 1. The zero-order chi connectivity index (χ0) is 18.1. The number of aliphatic carboxylic acids is 1. The van der Waals surface area contributed by atoms with Gasteiger partial charge >= 0.3 is 0 Å². The molecular weight excluding hydrogens is 344 g/mol. The van der Waals surface area contributed by atoms with Gasteiger partial charge in [0.1, 0.15) is 5.75 Å². The predicted molar refractivity (Wildman–Crippen MR) is 92.3 cm³/mol. The van der Waals surface area contributed by atoms with Gasteiger partial charge in [-0.25, -0.2) is 0 Å². The molecule has 0 atom stereocenters. The quantitative estimate of drug-likeness (QED) is 0.697. The molecule has 2 N–H and O–H groups in total. The highest BCUT2D eigenvalue weighted by molar-refractivity contribution is 6.30. The Hall–Kier alpha value is -2.99. The van der Waals surface area contributed by atoms with Gasteiger partial charge in [0.05, 0.1) is 5.70 Å². The summed E-state index contributed by atoms with van der Waals surface area (Å²) >= 11 is 5.77. The zero-order valence-electron chi connectivity index (χ0n) is 13.2. The fourth-order valence-electron chi connectivity index (χ4n) is 1.90. The second kappa shape index (κ2) is 9.34. The second-order valence-corrected chi connectivity index (χ2v) is 5.41. The number of rotatable bonds is 8. The molecule has 0 aliphatic heterocycles. The van der Waals surface area contributed by atoms with E-state index >= 15 is 0 Å². The molecule has 0 aliphatic rings. The lowest BCUT2D eigenvalue weighted by atomic mass is 10.1. The first kappa shape index (κ1) is 18.4. The molecule has 7 heteroatoms. The first-order chi connectivity index (χ1) is 12.0. The maximum absolute atomic E-state index is 11.9. The van der Waals surface area contributed by atoms with Gasteiger partial charge in [-0.2, -0.15) is 0 Å². The van der Waals surface area contributed by atoms with Crippen LogP contribution in [0.3, 0.4) is 0 Å². The maximum atomic E-state index is 11.9. The molecule has 0 saturated heterocycles.